The van der Waals surface area contributed by atoms with E-state index in [1.54, 1.807) is 36.4 Å². The third-order valence-corrected chi connectivity index (χ3v) is 5.07. The van der Waals surface area contributed by atoms with E-state index in [-0.39, 0.29) is 11.5 Å². The molecule has 0 radical (unpaired) electrons. The number of aromatic hydroxyl groups is 2. The molecule has 0 atom stereocenters. The summed E-state index contributed by atoms with van der Waals surface area (Å²) in [5.41, 5.74) is 7.70. The largest absolute Gasteiger partial charge is 0.508 e. The Morgan fingerprint density at radius 3 is 1.16 bits per heavy atom. The predicted molar refractivity (Wildman–Crippen MR) is 126 cm³/mol. The molecule has 0 aliphatic rings. The molecule has 32 heavy (non-hydrogen) atoms. The number of nitrogens with zero attached hydrogens (tertiary/aromatic N) is 2. The second kappa shape index (κ2) is 9.98. The molecule has 4 aromatic rings. The highest BCUT2D eigenvalue weighted by molar-refractivity contribution is 5.69. The van der Waals surface area contributed by atoms with Gasteiger partial charge in [0.2, 0.25) is 0 Å². The number of phenols is 2. The van der Waals surface area contributed by atoms with Gasteiger partial charge in [0.1, 0.15) is 11.5 Å². The summed E-state index contributed by atoms with van der Waals surface area (Å²) in [6.45, 7) is 3.95. The van der Waals surface area contributed by atoms with Crippen molar-refractivity contribution in [3.05, 3.63) is 107 Å². The lowest BCUT2D eigenvalue weighted by atomic mass is 9.99. The van der Waals surface area contributed by atoms with Crippen LogP contribution in [0.3, 0.4) is 0 Å². The first kappa shape index (κ1) is 22.2. The molecule has 0 bridgehead atoms. The van der Waals surface area contributed by atoms with Crippen LogP contribution in [-0.4, -0.2) is 10.2 Å². The number of hydrogen-bond donors (Lipinski definition) is 2. The van der Waals surface area contributed by atoms with Crippen molar-refractivity contribution in [1.29, 1.82) is 10.5 Å². The van der Waals surface area contributed by atoms with Crippen molar-refractivity contribution in [3.8, 4) is 45.9 Å². The van der Waals surface area contributed by atoms with Gasteiger partial charge < -0.3 is 10.2 Å². The third kappa shape index (κ3) is 5.33. The second-order valence-corrected chi connectivity index (χ2v) is 7.38. The molecule has 4 rings (SSSR count). The third-order valence-electron chi connectivity index (χ3n) is 5.07. The average molecular weight is 418 g/mol. The molecule has 0 saturated heterocycles. The van der Waals surface area contributed by atoms with E-state index in [0.717, 1.165) is 33.4 Å². The summed E-state index contributed by atoms with van der Waals surface area (Å²) in [7, 11) is 0. The Hall–Kier alpha value is -4.54. The quantitative estimate of drug-likeness (QED) is 0.390. The molecule has 156 valence electrons. The van der Waals surface area contributed by atoms with Crippen molar-refractivity contribution in [2.24, 2.45) is 0 Å². The predicted octanol–water partition coefficient (Wildman–Crippen LogP) is 6.48. The van der Waals surface area contributed by atoms with Crippen molar-refractivity contribution in [1.82, 2.24) is 0 Å². The lowest BCUT2D eigenvalue weighted by Crippen LogP contribution is -1.84. The summed E-state index contributed by atoms with van der Waals surface area (Å²) in [5, 5.41) is 36.0. The van der Waals surface area contributed by atoms with Crippen molar-refractivity contribution in [2.75, 3.05) is 0 Å². The van der Waals surface area contributed by atoms with Gasteiger partial charge >= 0.3 is 0 Å². The Bertz CT molecular complexity index is 1200. The SMILES string of the molecule is Cc1cc(C#N)ccc1-c1ccc(O)cc1.Cc1cc(C#N)ccc1-c1ccc(O)cc1. The van der Waals surface area contributed by atoms with Gasteiger partial charge in [0.15, 0.2) is 0 Å². The van der Waals surface area contributed by atoms with Crippen molar-refractivity contribution in [3.63, 3.8) is 0 Å². The number of hydrogen-bond acceptors (Lipinski definition) is 4. The standard InChI is InChI=1S/2C14H11NO/c2*1-10-8-11(9-15)2-7-14(10)12-3-5-13(16)6-4-12/h2*2-8,16H,1H3. The van der Waals surface area contributed by atoms with E-state index in [9.17, 15) is 10.2 Å². The number of nitriles is 2. The number of aryl methyl sites for hydroxylation is 2. The Labute approximate surface area is 187 Å². The summed E-state index contributed by atoms with van der Waals surface area (Å²) < 4.78 is 0. The fraction of sp³-hybridized carbons (Fsp3) is 0.0714. The number of rotatable bonds is 2. The maximum Gasteiger partial charge on any atom is 0.115 e. The molecular formula is C28H22N2O2. The van der Waals surface area contributed by atoms with Crippen molar-refractivity contribution < 1.29 is 10.2 Å². The van der Waals surface area contributed by atoms with Crippen molar-refractivity contribution >= 4 is 0 Å². The Morgan fingerprint density at radius 1 is 0.531 bits per heavy atom. The zero-order chi connectivity index (χ0) is 23.1. The van der Waals surface area contributed by atoms with Crippen molar-refractivity contribution in [2.45, 2.75) is 13.8 Å². The summed E-state index contributed by atoms with van der Waals surface area (Å²) in [6, 6.07) is 29.5. The molecule has 0 saturated carbocycles. The normalized spacial score (nSPS) is 9.75. The maximum absolute atomic E-state index is 9.21. The van der Waals surface area contributed by atoms with Gasteiger partial charge in [-0.2, -0.15) is 10.5 Å². The molecule has 0 aromatic heterocycles. The fourth-order valence-corrected chi connectivity index (χ4v) is 3.40. The minimum Gasteiger partial charge on any atom is -0.508 e. The molecule has 0 fully saturated rings. The van der Waals surface area contributed by atoms with E-state index in [0.29, 0.717) is 11.1 Å². The van der Waals surface area contributed by atoms with Crippen LogP contribution in [0.1, 0.15) is 22.3 Å². The van der Waals surface area contributed by atoms with Crippen LogP contribution in [0.15, 0.2) is 84.9 Å². The van der Waals surface area contributed by atoms with Crippen LogP contribution in [0.25, 0.3) is 22.3 Å². The second-order valence-electron chi connectivity index (χ2n) is 7.38. The van der Waals surface area contributed by atoms with E-state index in [1.165, 1.54) is 0 Å². The topological polar surface area (TPSA) is 88.0 Å². The lowest BCUT2D eigenvalue weighted by molar-refractivity contribution is 0.475. The monoisotopic (exact) mass is 418 g/mol. The van der Waals surface area contributed by atoms with Gasteiger partial charge in [-0.25, -0.2) is 0 Å². The molecule has 0 heterocycles. The molecule has 2 N–H and O–H groups in total. The zero-order valence-electron chi connectivity index (χ0n) is 17.9. The molecule has 0 spiro atoms. The first-order valence-corrected chi connectivity index (χ1v) is 10.0. The van der Waals surface area contributed by atoms with E-state index >= 15 is 0 Å². The summed E-state index contributed by atoms with van der Waals surface area (Å²) in [4.78, 5) is 0. The molecule has 0 amide bonds. The number of benzene rings is 4. The zero-order valence-corrected chi connectivity index (χ0v) is 17.9. The fourth-order valence-electron chi connectivity index (χ4n) is 3.40. The molecule has 4 nitrogen and oxygen atoms in total. The molecule has 4 aromatic carbocycles. The Morgan fingerprint density at radius 2 is 0.875 bits per heavy atom. The van der Waals surface area contributed by atoms with Gasteiger partial charge in [-0.05, 0) is 95.8 Å². The van der Waals surface area contributed by atoms with Crippen LogP contribution in [0.2, 0.25) is 0 Å². The average Bonchev–Trinajstić information content (AvgIpc) is 2.81. The maximum atomic E-state index is 9.21. The van der Waals surface area contributed by atoms with Gasteiger partial charge in [0, 0.05) is 0 Å². The highest BCUT2D eigenvalue weighted by Gasteiger charge is 2.04. The lowest BCUT2D eigenvalue weighted by Gasteiger charge is -2.06. The van der Waals surface area contributed by atoms with E-state index in [1.807, 2.05) is 62.4 Å². The summed E-state index contributed by atoms with van der Waals surface area (Å²) in [6.07, 6.45) is 0. The van der Waals surface area contributed by atoms with E-state index in [2.05, 4.69) is 12.1 Å². The first-order chi connectivity index (χ1) is 15.4. The van der Waals surface area contributed by atoms with Crippen LogP contribution in [-0.2, 0) is 0 Å². The van der Waals surface area contributed by atoms with Crippen LogP contribution < -0.4 is 0 Å². The molecular weight excluding hydrogens is 396 g/mol. The van der Waals surface area contributed by atoms with Crippen LogP contribution >= 0.6 is 0 Å². The van der Waals surface area contributed by atoms with Crippen LogP contribution in [0.4, 0.5) is 0 Å². The Kier molecular flexibility index (Phi) is 6.91. The molecule has 0 unspecified atom stereocenters. The smallest absolute Gasteiger partial charge is 0.115 e. The minimum absolute atomic E-state index is 0.259. The highest BCUT2D eigenvalue weighted by Crippen LogP contribution is 2.26. The van der Waals surface area contributed by atoms with Crippen LogP contribution in [0, 0.1) is 36.5 Å². The first-order valence-electron chi connectivity index (χ1n) is 10.0. The van der Waals surface area contributed by atoms with Gasteiger partial charge in [0.05, 0.1) is 23.3 Å². The molecule has 0 aliphatic carbocycles. The molecule has 0 aliphatic heterocycles. The number of phenolic OH excluding ortho intramolecular Hbond substituents is 2. The van der Waals surface area contributed by atoms with Gasteiger partial charge in [0.25, 0.3) is 0 Å². The Balaban J connectivity index is 0.000000181. The summed E-state index contributed by atoms with van der Waals surface area (Å²) in [5.74, 6) is 0.519. The van der Waals surface area contributed by atoms with Gasteiger partial charge in [-0.15, -0.1) is 0 Å². The van der Waals surface area contributed by atoms with E-state index in [4.69, 9.17) is 10.5 Å². The highest BCUT2D eigenvalue weighted by atomic mass is 16.3. The van der Waals surface area contributed by atoms with Gasteiger partial charge in [-0.1, -0.05) is 36.4 Å². The van der Waals surface area contributed by atoms with E-state index < -0.39 is 0 Å². The van der Waals surface area contributed by atoms with Crippen LogP contribution in [0.5, 0.6) is 11.5 Å². The molecule has 4 heteroatoms. The summed E-state index contributed by atoms with van der Waals surface area (Å²) >= 11 is 0. The minimum atomic E-state index is 0.259. The van der Waals surface area contributed by atoms with Gasteiger partial charge in [-0.3, -0.25) is 0 Å².